The zero-order chi connectivity index (χ0) is 18.2. The van der Waals surface area contributed by atoms with Gasteiger partial charge in [0.15, 0.2) is 5.82 Å². The van der Waals surface area contributed by atoms with E-state index in [0.717, 1.165) is 12.1 Å². The lowest BCUT2D eigenvalue weighted by molar-refractivity contribution is -0.145. The highest BCUT2D eigenvalue weighted by atomic mass is 19.1. The first kappa shape index (κ1) is 18.4. The number of carboxylic acid groups (broad SMARTS) is 1. The maximum absolute atomic E-state index is 12.8. The zero-order valence-corrected chi connectivity index (χ0v) is 13.6. The number of ether oxygens (including phenoxy) is 1. The quantitative estimate of drug-likeness (QED) is 0.703. The van der Waals surface area contributed by atoms with Gasteiger partial charge in [0.05, 0.1) is 6.54 Å². The topological polar surface area (TPSA) is 115 Å². The molecule has 2 N–H and O–H groups in total. The minimum atomic E-state index is -1.27. The van der Waals surface area contributed by atoms with Crippen molar-refractivity contribution in [3.63, 3.8) is 0 Å². The van der Waals surface area contributed by atoms with Gasteiger partial charge < -0.3 is 19.7 Å². The fourth-order valence-corrected chi connectivity index (χ4v) is 1.99. The molecule has 0 saturated carbocycles. The third-order valence-corrected chi connectivity index (χ3v) is 3.22. The molecule has 1 atom stereocenters. The standard InChI is InChI=1S/C16H18FN3O5/c1-10-19-15(25-20-10)4-2-3-14(21)18-9-13(16(22)23)24-12-7-5-11(17)6-8-12/h5-8,13H,2-4,9H2,1H3,(H,18,21)(H,22,23). The van der Waals surface area contributed by atoms with E-state index >= 15 is 0 Å². The van der Waals surface area contributed by atoms with Gasteiger partial charge in [0.1, 0.15) is 11.6 Å². The molecule has 0 aliphatic carbocycles. The molecular formula is C16H18FN3O5. The van der Waals surface area contributed by atoms with E-state index < -0.39 is 17.9 Å². The number of nitrogens with zero attached hydrogens (tertiary/aromatic N) is 2. The highest BCUT2D eigenvalue weighted by Crippen LogP contribution is 2.13. The van der Waals surface area contributed by atoms with Crippen LogP contribution < -0.4 is 10.1 Å². The summed E-state index contributed by atoms with van der Waals surface area (Å²) in [5, 5.41) is 15.3. The maximum Gasteiger partial charge on any atom is 0.346 e. The number of aryl methyl sites for hydroxylation is 2. The molecule has 0 bridgehead atoms. The van der Waals surface area contributed by atoms with E-state index in [-0.39, 0.29) is 24.6 Å². The number of aromatic nitrogens is 2. The summed E-state index contributed by atoms with van der Waals surface area (Å²) in [7, 11) is 0. The summed E-state index contributed by atoms with van der Waals surface area (Å²) in [6, 6.07) is 4.96. The second-order valence-corrected chi connectivity index (χ2v) is 5.29. The van der Waals surface area contributed by atoms with Crippen molar-refractivity contribution >= 4 is 11.9 Å². The monoisotopic (exact) mass is 351 g/mol. The van der Waals surface area contributed by atoms with Gasteiger partial charge in [-0.3, -0.25) is 4.79 Å². The van der Waals surface area contributed by atoms with Gasteiger partial charge >= 0.3 is 5.97 Å². The van der Waals surface area contributed by atoms with Gasteiger partial charge in [0.2, 0.25) is 17.9 Å². The van der Waals surface area contributed by atoms with E-state index in [1.54, 1.807) is 6.92 Å². The summed E-state index contributed by atoms with van der Waals surface area (Å²) >= 11 is 0. The van der Waals surface area contributed by atoms with Crippen LogP contribution in [0.15, 0.2) is 28.8 Å². The predicted octanol–water partition coefficient (Wildman–Crippen LogP) is 1.49. The summed E-state index contributed by atoms with van der Waals surface area (Å²) < 4.78 is 23.0. The van der Waals surface area contributed by atoms with Crippen LogP contribution in [0.1, 0.15) is 24.6 Å². The van der Waals surface area contributed by atoms with Gasteiger partial charge in [-0.2, -0.15) is 4.98 Å². The average Bonchev–Trinajstić information content (AvgIpc) is 2.98. The molecule has 1 aromatic carbocycles. The Morgan fingerprint density at radius 1 is 1.36 bits per heavy atom. The second-order valence-electron chi connectivity index (χ2n) is 5.29. The molecule has 1 aromatic heterocycles. The van der Waals surface area contributed by atoms with Crippen molar-refractivity contribution in [3.05, 3.63) is 41.8 Å². The van der Waals surface area contributed by atoms with Crippen LogP contribution in [0.25, 0.3) is 0 Å². The van der Waals surface area contributed by atoms with E-state index in [4.69, 9.17) is 14.4 Å². The Morgan fingerprint density at radius 2 is 2.08 bits per heavy atom. The summed E-state index contributed by atoms with van der Waals surface area (Å²) in [6.07, 6.45) is -0.134. The maximum atomic E-state index is 12.8. The average molecular weight is 351 g/mol. The molecule has 1 heterocycles. The molecule has 25 heavy (non-hydrogen) atoms. The normalized spacial score (nSPS) is 11.8. The van der Waals surface area contributed by atoms with Crippen LogP contribution in [0.5, 0.6) is 5.75 Å². The largest absolute Gasteiger partial charge is 0.478 e. The minimum Gasteiger partial charge on any atom is -0.478 e. The fraction of sp³-hybridized carbons (Fsp3) is 0.375. The second kappa shape index (κ2) is 8.76. The molecule has 0 fully saturated rings. The number of hydrogen-bond acceptors (Lipinski definition) is 6. The van der Waals surface area contributed by atoms with Gasteiger partial charge in [0.25, 0.3) is 0 Å². The van der Waals surface area contributed by atoms with Crippen LogP contribution in [-0.4, -0.2) is 39.8 Å². The molecule has 2 aromatic rings. The molecule has 0 saturated heterocycles. The third-order valence-electron chi connectivity index (χ3n) is 3.22. The Labute approximate surface area is 143 Å². The molecular weight excluding hydrogens is 333 g/mol. The number of carboxylic acids is 1. The molecule has 1 amide bonds. The van der Waals surface area contributed by atoms with Crippen molar-refractivity contribution in [2.75, 3.05) is 6.54 Å². The zero-order valence-electron chi connectivity index (χ0n) is 13.6. The molecule has 0 aliphatic heterocycles. The summed E-state index contributed by atoms with van der Waals surface area (Å²) in [5.74, 6) is -0.815. The fourth-order valence-electron chi connectivity index (χ4n) is 1.99. The first-order valence-electron chi connectivity index (χ1n) is 7.65. The number of halogens is 1. The van der Waals surface area contributed by atoms with Crippen molar-refractivity contribution < 1.29 is 28.3 Å². The lowest BCUT2D eigenvalue weighted by Crippen LogP contribution is -2.40. The summed E-state index contributed by atoms with van der Waals surface area (Å²) in [6.45, 7) is 1.50. The Morgan fingerprint density at radius 3 is 2.68 bits per heavy atom. The van der Waals surface area contributed by atoms with Crippen molar-refractivity contribution in [3.8, 4) is 5.75 Å². The Balaban J connectivity index is 1.74. The smallest absolute Gasteiger partial charge is 0.346 e. The van der Waals surface area contributed by atoms with Crippen LogP contribution in [0.4, 0.5) is 4.39 Å². The number of hydrogen-bond donors (Lipinski definition) is 2. The number of rotatable bonds is 9. The first-order valence-corrected chi connectivity index (χ1v) is 7.65. The Kier molecular flexibility index (Phi) is 6.44. The number of carbonyl (C=O) groups excluding carboxylic acids is 1. The van der Waals surface area contributed by atoms with Crippen LogP contribution in [0.2, 0.25) is 0 Å². The molecule has 0 radical (unpaired) electrons. The van der Waals surface area contributed by atoms with E-state index in [0.29, 0.717) is 24.6 Å². The number of aliphatic carboxylic acids is 1. The van der Waals surface area contributed by atoms with Gasteiger partial charge in [-0.1, -0.05) is 5.16 Å². The Bertz CT molecular complexity index is 717. The van der Waals surface area contributed by atoms with E-state index in [2.05, 4.69) is 15.5 Å². The molecule has 134 valence electrons. The van der Waals surface area contributed by atoms with Gasteiger partial charge in [-0.25, -0.2) is 9.18 Å². The van der Waals surface area contributed by atoms with Gasteiger partial charge in [-0.15, -0.1) is 0 Å². The molecule has 8 nitrogen and oxygen atoms in total. The summed E-state index contributed by atoms with van der Waals surface area (Å²) in [5.41, 5.74) is 0. The van der Waals surface area contributed by atoms with Crippen molar-refractivity contribution in [2.24, 2.45) is 0 Å². The number of benzene rings is 1. The molecule has 1 unspecified atom stereocenters. The highest BCUT2D eigenvalue weighted by Gasteiger charge is 2.20. The van der Waals surface area contributed by atoms with Crippen molar-refractivity contribution in [2.45, 2.75) is 32.3 Å². The van der Waals surface area contributed by atoms with Crippen LogP contribution >= 0.6 is 0 Å². The Hall–Kier alpha value is -2.97. The van der Waals surface area contributed by atoms with Gasteiger partial charge in [0, 0.05) is 12.8 Å². The number of carbonyl (C=O) groups is 2. The number of nitrogens with one attached hydrogen (secondary N) is 1. The molecule has 9 heteroatoms. The van der Waals surface area contributed by atoms with Crippen molar-refractivity contribution in [1.29, 1.82) is 0 Å². The molecule has 0 spiro atoms. The van der Waals surface area contributed by atoms with Crippen LogP contribution in [0.3, 0.4) is 0 Å². The van der Waals surface area contributed by atoms with Crippen LogP contribution in [-0.2, 0) is 16.0 Å². The lowest BCUT2D eigenvalue weighted by atomic mass is 10.2. The van der Waals surface area contributed by atoms with E-state index in [1.807, 2.05) is 0 Å². The minimum absolute atomic E-state index is 0.185. The van der Waals surface area contributed by atoms with Crippen LogP contribution in [0, 0.1) is 12.7 Å². The predicted molar refractivity (Wildman–Crippen MR) is 83.4 cm³/mol. The van der Waals surface area contributed by atoms with Crippen molar-refractivity contribution in [1.82, 2.24) is 15.5 Å². The van der Waals surface area contributed by atoms with E-state index in [1.165, 1.54) is 12.1 Å². The molecule has 0 aliphatic rings. The SMILES string of the molecule is Cc1noc(CCCC(=O)NCC(Oc2ccc(F)cc2)C(=O)O)n1. The summed E-state index contributed by atoms with van der Waals surface area (Å²) in [4.78, 5) is 27.0. The molecule has 2 rings (SSSR count). The third kappa shape index (κ3) is 6.21. The van der Waals surface area contributed by atoms with E-state index in [9.17, 15) is 14.0 Å². The highest BCUT2D eigenvalue weighted by molar-refractivity contribution is 5.78. The number of amides is 1. The van der Waals surface area contributed by atoms with Gasteiger partial charge in [-0.05, 0) is 37.6 Å². The first-order chi connectivity index (χ1) is 11.9. The lowest BCUT2D eigenvalue weighted by Gasteiger charge is -2.15.